The molecule has 0 aliphatic heterocycles. The lowest BCUT2D eigenvalue weighted by molar-refractivity contribution is 0.453. The lowest BCUT2D eigenvalue weighted by Crippen LogP contribution is -1.83. The summed E-state index contributed by atoms with van der Waals surface area (Å²) in [5, 5.41) is 19.9. The second-order valence-electron chi connectivity index (χ2n) is 4.61. The SMILES string of the molecule is Cc1cc(F)cc(-c2c(Br)oc3cc(O)cc(O)c23)c1. The third-order valence-corrected chi connectivity index (χ3v) is 3.60. The molecule has 5 heteroatoms. The first-order chi connectivity index (χ1) is 9.45. The molecule has 2 aromatic carbocycles. The van der Waals surface area contributed by atoms with Crippen molar-refractivity contribution in [1.82, 2.24) is 0 Å². The highest BCUT2D eigenvalue weighted by Crippen LogP contribution is 2.44. The van der Waals surface area contributed by atoms with Gasteiger partial charge in [-0.25, -0.2) is 4.39 Å². The van der Waals surface area contributed by atoms with Gasteiger partial charge in [0.1, 0.15) is 22.9 Å². The van der Waals surface area contributed by atoms with Crippen LogP contribution in [0, 0.1) is 12.7 Å². The quantitative estimate of drug-likeness (QED) is 0.675. The minimum Gasteiger partial charge on any atom is -0.508 e. The van der Waals surface area contributed by atoms with E-state index < -0.39 is 0 Å². The van der Waals surface area contributed by atoms with Crippen LogP contribution in [0.1, 0.15) is 5.56 Å². The molecule has 2 N–H and O–H groups in total. The molecule has 0 spiro atoms. The van der Waals surface area contributed by atoms with Gasteiger partial charge in [-0.15, -0.1) is 0 Å². The summed E-state index contributed by atoms with van der Waals surface area (Å²) in [6, 6.07) is 7.21. The molecule has 3 rings (SSSR count). The molecule has 0 fully saturated rings. The van der Waals surface area contributed by atoms with Gasteiger partial charge in [-0.1, -0.05) is 6.07 Å². The minimum absolute atomic E-state index is 0.0989. The monoisotopic (exact) mass is 336 g/mol. The van der Waals surface area contributed by atoms with E-state index in [2.05, 4.69) is 15.9 Å². The van der Waals surface area contributed by atoms with Gasteiger partial charge in [0.15, 0.2) is 4.67 Å². The number of fused-ring (bicyclic) bond motifs is 1. The molecule has 1 aromatic heterocycles. The fourth-order valence-electron chi connectivity index (χ4n) is 2.30. The van der Waals surface area contributed by atoms with E-state index >= 15 is 0 Å². The van der Waals surface area contributed by atoms with Crippen LogP contribution in [-0.2, 0) is 0 Å². The Morgan fingerprint density at radius 2 is 1.85 bits per heavy atom. The van der Waals surface area contributed by atoms with Crippen molar-refractivity contribution >= 4 is 26.9 Å². The Morgan fingerprint density at radius 3 is 2.55 bits per heavy atom. The van der Waals surface area contributed by atoms with Gasteiger partial charge < -0.3 is 14.6 Å². The molecule has 3 aromatic rings. The summed E-state index contributed by atoms with van der Waals surface area (Å²) in [6.07, 6.45) is 0. The molecule has 0 unspecified atom stereocenters. The largest absolute Gasteiger partial charge is 0.508 e. The summed E-state index contributed by atoms with van der Waals surface area (Å²) >= 11 is 3.27. The Balaban J connectivity index is 2.38. The van der Waals surface area contributed by atoms with Gasteiger partial charge in [-0.2, -0.15) is 0 Å². The molecule has 102 valence electrons. The van der Waals surface area contributed by atoms with Crippen molar-refractivity contribution in [2.75, 3.05) is 0 Å². The standard InChI is InChI=1S/C15H10BrFO3/c1-7-2-8(4-9(17)3-7)13-14-11(19)5-10(18)6-12(14)20-15(13)16/h2-6,18-19H,1H3. The van der Waals surface area contributed by atoms with Crippen LogP contribution in [0.3, 0.4) is 0 Å². The van der Waals surface area contributed by atoms with E-state index in [9.17, 15) is 14.6 Å². The lowest BCUT2D eigenvalue weighted by atomic mass is 10.0. The first kappa shape index (κ1) is 13.0. The van der Waals surface area contributed by atoms with Gasteiger partial charge in [0.25, 0.3) is 0 Å². The molecule has 3 nitrogen and oxygen atoms in total. The van der Waals surface area contributed by atoms with Crippen molar-refractivity contribution in [3.8, 4) is 22.6 Å². The number of aromatic hydroxyl groups is 2. The molecular formula is C15H10BrFO3. The van der Waals surface area contributed by atoms with Crippen LogP contribution in [0.5, 0.6) is 11.5 Å². The molecule has 0 saturated heterocycles. The average Bonchev–Trinajstić information content (AvgIpc) is 2.63. The fraction of sp³-hybridized carbons (Fsp3) is 0.0667. The Kier molecular flexibility index (Phi) is 2.94. The van der Waals surface area contributed by atoms with Crippen LogP contribution in [0.25, 0.3) is 22.1 Å². The summed E-state index contributed by atoms with van der Waals surface area (Å²) in [5.74, 6) is -0.580. The van der Waals surface area contributed by atoms with Gasteiger partial charge in [0, 0.05) is 17.7 Å². The Labute approximate surface area is 122 Å². The third-order valence-electron chi connectivity index (χ3n) is 3.04. The Bertz CT molecular complexity index is 803. The van der Waals surface area contributed by atoms with Crippen molar-refractivity contribution in [3.63, 3.8) is 0 Å². The number of rotatable bonds is 1. The fourth-order valence-corrected chi connectivity index (χ4v) is 2.90. The summed E-state index contributed by atoms with van der Waals surface area (Å²) < 4.78 is 19.4. The van der Waals surface area contributed by atoms with Gasteiger partial charge >= 0.3 is 0 Å². The lowest BCUT2D eigenvalue weighted by Gasteiger charge is -2.04. The zero-order valence-electron chi connectivity index (χ0n) is 10.4. The van der Waals surface area contributed by atoms with E-state index in [0.29, 0.717) is 26.8 Å². The second kappa shape index (κ2) is 4.52. The Hall–Kier alpha value is -2.01. The first-order valence-corrected chi connectivity index (χ1v) is 6.66. The van der Waals surface area contributed by atoms with Crippen molar-refractivity contribution in [1.29, 1.82) is 0 Å². The number of phenols is 2. The van der Waals surface area contributed by atoms with E-state index in [0.717, 1.165) is 5.56 Å². The third kappa shape index (κ3) is 2.04. The molecule has 1 heterocycles. The van der Waals surface area contributed by atoms with Crippen molar-refractivity contribution in [2.45, 2.75) is 6.92 Å². The van der Waals surface area contributed by atoms with Crippen LogP contribution in [0.2, 0.25) is 0 Å². The maximum atomic E-state index is 13.6. The zero-order chi connectivity index (χ0) is 14.4. The summed E-state index contributed by atoms with van der Waals surface area (Å²) in [7, 11) is 0. The predicted octanol–water partition coefficient (Wildman–Crippen LogP) is 4.72. The van der Waals surface area contributed by atoms with Crippen LogP contribution in [0.4, 0.5) is 4.39 Å². The predicted molar refractivity (Wildman–Crippen MR) is 77.4 cm³/mol. The molecule has 0 amide bonds. The van der Waals surface area contributed by atoms with E-state index in [1.54, 1.807) is 13.0 Å². The highest BCUT2D eigenvalue weighted by molar-refractivity contribution is 9.10. The van der Waals surface area contributed by atoms with Crippen LogP contribution in [-0.4, -0.2) is 10.2 Å². The first-order valence-electron chi connectivity index (χ1n) is 5.87. The number of aryl methyl sites for hydroxylation is 1. The Morgan fingerprint density at radius 1 is 1.10 bits per heavy atom. The molecule has 0 aliphatic rings. The summed E-state index contributed by atoms with van der Waals surface area (Å²) in [6.45, 7) is 1.79. The highest BCUT2D eigenvalue weighted by atomic mass is 79.9. The number of hydrogen-bond acceptors (Lipinski definition) is 3. The van der Waals surface area contributed by atoms with Crippen LogP contribution >= 0.6 is 15.9 Å². The maximum Gasteiger partial charge on any atom is 0.178 e. The van der Waals surface area contributed by atoms with Crippen molar-refractivity contribution < 1.29 is 19.0 Å². The molecule has 0 saturated carbocycles. The van der Waals surface area contributed by atoms with E-state index in [4.69, 9.17) is 4.42 Å². The molecular weight excluding hydrogens is 327 g/mol. The van der Waals surface area contributed by atoms with Crippen molar-refractivity contribution in [3.05, 3.63) is 46.4 Å². The molecule has 0 atom stereocenters. The number of phenolic OH excluding ortho intramolecular Hbond substituents is 2. The second-order valence-corrected chi connectivity index (χ2v) is 5.33. The molecule has 20 heavy (non-hydrogen) atoms. The minimum atomic E-state index is -0.362. The molecule has 0 radical (unpaired) electrons. The van der Waals surface area contributed by atoms with Gasteiger partial charge in [-0.05, 0) is 46.1 Å². The highest BCUT2D eigenvalue weighted by Gasteiger charge is 2.19. The number of hydrogen-bond donors (Lipinski definition) is 2. The van der Waals surface area contributed by atoms with E-state index in [-0.39, 0.29) is 17.3 Å². The summed E-state index contributed by atoms with van der Waals surface area (Å²) in [4.78, 5) is 0. The zero-order valence-corrected chi connectivity index (χ0v) is 12.0. The van der Waals surface area contributed by atoms with Crippen molar-refractivity contribution in [2.24, 2.45) is 0 Å². The average molecular weight is 337 g/mol. The van der Waals surface area contributed by atoms with Gasteiger partial charge in [-0.3, -0.25) is 0 Å². The van der Waals surface area contributed by atoms with Crippen LogP contribution in [0.15, 0.2) is 39.4 Å². The maximum absolute atomic E-state index is 13.6. The topological polar surface area (TPSA) is 53.6 Å². The van der Waals surface area contributed by atoms with E-state index in [1.807, 2.05) is 0 Å². The smallest absolute Gasteiger partial charge is 0.178 e. The molecule has 0 aliphatic carbocycles. The van der Waals surface area contributed by atoms with Crippen LogP contribution < -0.4 is 0 Å². The number of halogens is 2. The normalized spacial score (nSPS) is 11.2. The van der Waals surface area contributed by atoms with Gasteiger partial charge in [0.2, 0.25) is 0 Å². The summed E-state index contributed by atoms with van der Waals surface area (Å²) in [5.41, 5.74) is 2.24. The van der Waals surface area contributed by atoms with E-state index in [1.165, 1.54) is 24.3 Å². The van der Waals surface area contributed by atoms with Gasteiger partial charge in [0.05, 0.1) is 5.39 Å². The number of benzene rings is 2. The number of furan rings is 1. The molecule has 0 bridgehead atoms.